The smallest absolute Gasteiger partial charge is 0.225 e. The molecule has 2 atom stereocenters. The van der Waals surface area contributed by atoms with Crippen LogP contribution in [0.1, 0.15) is 39.5 Å². The highest BCUT2D eigenvalue weighted by atomic mass is 16.5. The van der Waals surface area contributed by atoms with Gasteiger partial charge in [0, 0.05) is 38.7 Å². The third-order valence-electron chi connectivity index (χ3n) is 4.52. The Morgan fingerprint density at radius 1 is 1.19 bits per heavy atom. The van der Waals surface area contributed by atoms with Crippen LogP contribution in [0.5, 0.6) is 0 Å². The molecule has 0 aromatic rings. The van der Waals surface area contributed by atoms with Crippen molar-refractivity contribution in [2.75, 3.05) is 46.4 Å². The molecule has 1 aliphatic carbocycles. The number of amides is 1. The van der Waals surface area contributed by atoms with Crippen molar-refractivity contribution in [2.45, 2.75) is 45.6 Å². The molecule has 0 heterocycles. The molecule has 0 aromatic carbocycles. The van der Waals surface area contributed by atoms with Crippen molar-refractivity contribution in [3.05, 3.63) is 0 Å². The maximum Gasteiger partial charge on any atom is 0.225 e. The zero-order chi connectivity index (χ0) is 15.7. The lowest BCUT2D eigenvalue weighted by molar-refractivity contribution is -0.137. The first-order chi connectivity index (χ1) is 10.1. The van der Waals surface area contributed by atoms with E-state index in [0.717, 1.165) is 51.9 Å². The standard InChI is InChI=1S/C16H33N3O2/c1-4-18(5-2)9-10-19(11-12-21-3)16(20)14-7-6-8-15(17)13-14/h14-15H,4-13,17H2,1-3H3. The van der Waals surface area contributed by atoms with E-state index in [0.29, 0.717) is 13.2 Å². The molecule has 21 heavy (non-hydrogen) atoms. The molecular formula is C16H33N3O2. The first kappa shape index (κ1) is 18.4. The van der Waals surface area contributed by atoms with Gasteiger partial charge in [-0.1, -0.05) is 20.3 Å². The quantitative estimate of drug-likeness (QED) is 0.697. The Kier molecular flexibility index (Phi) is 8.88. The van der Waals surface area contributed by atoms with E-state index in [4.69, 9.17) is 10.5 Å². The van der Waals surface area contributed by atoms with Crippen LogP contribution in [-0.2, 0) is 9.53 Å². The van der Waals surface area contributed by atoms with Crippen LogP contribution in [0.2, 0.25) is 0 Å². The maximum atomic E-state index is 12.7. The molecule has 0 radical (unpaired) electrons. The van der Waals surface area contributed by atoms with Crippen LogP contribution < -0.4 is 5.73 Å². The van der Waals surface area contributed by atoms with Gasteiger partial charge in [0.1, 0.15) is 0 Å². The van der Waals surface area contributed by atoms with Crippen molar-refractivity contribution < 1.29 is 9.53 Å². The Morgan fingerprint density at radius 3 is 2.48 bits per heavy atom. The fourth-order valence-corrected chi connectivity index (χ4v) is 3.05. The van der Waals surface area contributed by atoms with Gasteiger partial charge in [-0.05, 0) is 32.4 Å². The molecule has 1 aliphatic rings. The van der Waals surface area contributed by atoms with E-state index in [2.05, 4.69) is 18.7 Å². The molecule has 1 amide bonds. The van der Waals surface area contributed by atoms with Gasteiger partial charge in [0.05, 0.1) is 6.61 Å². The van der Waals surface area contributed by atoms with E-state index in [-0.39, 0.29) is 17.9 Å². The zero-order valence-electron chi connectivity index (χ0n) is 14.0. The normalized spacial score (nSPS) is 22.5. The van der Waals surface area contributed by atoms with Crippen LogP contribution in [0.3, 0.4) is 0 Å². The number of hydrogen-bond acceptors (Lipinski definition) is 4. The molecule has 5 heteroatoms. The van der Waals surface area contributed by atoms with Crippen molar-refractivity contribution in [1.82, 2.24) is 9.80 Å². The molecule has 2 N–H and O–H groups in total. The second-order valence-corrected chi connectivity index (χ2v) is 5.97. The Hall–Kier alpha value is -0.650. The van der Waals surface area contributed by atoms with Crippen molar-refractivity contribution >= 4 is 5.91 Å². The third kappa shape index (κ3) is 6.32. The topological polar surface area (TPSA) is 58.8 Å². The predicted octanol–water partition coefficient (Wildman–Crippen LogP) is 1.32. The third-order valence-corrected chi connectivity index (χ3v) is 4.52. The minimum atomic E-state index is 0.113. The summed E-state index contributed by atoms with van der Waals surface area (Å²) >= 11 is 0. The lowest BCUT2D eigenvalue weighted by atomic mass is 9.85. The van der Waals surface area contributed by atoms with E-state index in [1.54, 1.807) is 7.11 Å². The largest absolute Gasteiger partial charge is 0.383 e. The summed E-state index contributed by atoms with van der Waals surface area (Å²) < 4.78 is 5.16. The molecule has 1 fully saturated rings. The molecule has 2 unspecified atom stereocenters. The van der Waals surface area contributed by atoms with Crippen LogP contribution >= 0.6 is 0 Å². The predicted molar refractivity (Wildman–Crippen MR) is 86.2 cm³/mol. The summed E-state index contributed by atoms with van der Waals surface area (Å²) in [6, 6.07) is 0.194. The average Bonchev–Trinajstić information content (AvgIpc) is 2.50. The van der Waals surface area contributed by atoms with Gasteiger partial charge in [0.2, 0.25) is 5.91 Å². The Balaban J connectivity index is 2.55. The van der Waals surface area contributed by atoms with Crippen LogP contribution in [0.4, 0.5) is 0 Å². The molecule has 0 spiro atoms. The summed E-state index contributed by atoms with van der Waals surface area (Å²) in [7, 11) is 1.68. The van der Waals surface area contributed by atoms with Gasteiger partial charge in [-0.2, -0.15) is 0 Å². The average molecular weight is 299 g/mol. The number of likely N-dealkylation sites (N-methyl/N-ethyl adjacent to an activating group) is 1. The van der Waals surface area contributed by atoms with Crippen LogP contribution in [-0.4, -0.2) is 68.2 Å². The fourth-order valence-electron chi connectivity index (χ4n) is 3.05. The number of carbonyl (C=O) groups is 1. The molecule has 1 saturated carbocycles. The van der Waals surface area contributed by atoms with Gasteiger partial charge in [-0.15, -0.1) is 0 Å². The second-order valence-electron chi connectivity index (χ2n) is 5.97. The van der Waals surface area contributed by atoms with Gasteiger partial charge in [-0.25, -0.2) is 0 Å². The van der Waals surface area contributed by atoms with E-state index in [9.17, 15) is 4.79 Å². The SMILES string of the molecule is CCN(CC)CCN(CCOC)C(=O)C1CCCC(N)C1. The van der Waals surface area contributed by atoms with E-state index >= 15 is 0 Å². The highest BCUT2D eigenvalue weighted by molar-refractivity contribution is 5.79. The van der Waals surface area contributed by atoms with Crippen molar-refractivity contribution in [2.24, 2.45) is 11.7 Å². The summed E-state index contributed by atoms with van der Waals surface area (Å²) in [6.07, 6.45) is 3.96. The number of rotatable bonds is 9. The summed E-state index contributed by atoms with van der Waals surface area (Å²) in [5, 5.41) is 0. The lowest BCUT2D eigenvalue weighted by Gasteiger charge is -2.32. The minimum Gasteiger partial charge on any atom is -0.383 e. The van der Waals surface area contributed by atoms with Crippen LogP contribution in [0.25, 0.3) is 0 Å². The van der Waals surface area contributed by atoms with E-state index in [1.807, 2.05) is 4.90 Å². The monoisotopic (exact) mass is 299 g/mol. The number of ether oxygens (including phenoxy) is 1. The van der Waals surface area contributed by atoms with Crippen molar-refractivity contribution in [3.63, 3.8) is 0 Å². The maximum absolute atomic E-state index is 12.7. The van der Waals surface area contributed by atoms with Gasteiger partial charge in [0.15, 0.2) is 0 Å². The summed E-state index contributed by atoms with van der Waals surface area (Å²) in [4.78, 5) is 17.1. The molecule has 124 valence electrons. The fraction of sp³-hybridized carbons (Fsp3) is 0.938. The molecule has 0 bridgehead atoms. The number of methoxy groups -OCH3 is 1. The zero-order valence-corrected chi connectivity index (χ0v) is 14.0. The highest BCUT2D eigenvalue weighted by Gasteiger charge is 2.28. The van der Waals surface area contributed by atoms with Gasteiger partial charge in [-0.3, -0.25) is 4.79 Å². The van der Waals surface area contributed by atoms with Gasteiger partial charge < -0.3 is 20.3 Å². The Bertz CT molecular complexity index is 295. The van der Waals surface area contributed by atoms with Gasteiger partial charge >= 0.3 is 0 Å². The summed E-state index contributed by atoms with van der Waals surface area (Å²) in [5.74, 6) is 0.386. The van der Waals surface area contributed by atoms with Crippen LogP contribution in [0.15, 0.2) is 0 Å². The molecule has 0 saturated heterocycles. The lowest BCUT2D eigenvalue weighted by Crippen LogP contribution is -2.45. The Morgan fingerprint density at radius 2 is 1.90 bits per heavy atom. The summed E-state index contributed by atoms with van der Waals surface area (Å²) in [6.45, 7) is 9.37. The van der Waals surface area contributed by atoms with Gasteiger partial charge in [0.25, 0.3) is 0 Å². The molecular weight excluding hydrogens is 266 g/mol. The van der Waals surface area contributed by atoms with Crippen molar-refractivity contribution in [1.29, 1.82) is 0 Å². The van der Waals surface area contributed by atoms with Crippen molar-refractivity contribution in [3.8, 4) is 0 Å². The molecule has 0 aromatic heterocycles. The first-order valence-corrected chi connectivity index (χ1v) is 8.38. The Labute approximate surface area is 129 Å². The number of nitrogens with zero attached hydrogens (tertiary/aromatic N) is 2. The van der Waals surface area contributed by atoms with E-state index in [1.165, 1.54) is 0 Å². The summed E-state index contributed by atoms with van der Waals surface area (Å²) in [5.41, 5.74) is 6.02. The van der Waals surface area contributed by atoms with E-state index < -0.39 is 0 Å². The van der Waals surface area contributed by atoms with Crippen LogP contribution in [0, 0.1) is 5.92 Å². The number of carbonyl (C=O) groups excluding carboxylic acids is 1. The molecule has 0 aliphatic heterocycles. The number of nitrogens with two attached hydrogens (primary N) is 1. The number of hydrogen-bond donors (Lipinski definition) is 1. The highest BCUT2D eigenvalue weighted by Crippen LogP contribution is 2.24. The first-order valence-electron chi connectivity index (χ1n) is 8.38. The molecule has 5 nitrogen and oxygen atoms in total. The minimum absolute atomic E-state index is 0.113. The molecule has 1 rings (SSSR count). The second kappa shape index (κ2) is 10.1.